The van der Waals surface area contributed by atoms with E-state index >= 15 is 0 Å². The van der Waals surface area contributed by atoms with Gasteiger partial charge in [-0.05, 0) is 0 Å². The van der Waals surface area contributed by atoms with Crippen LogP contribution in [0.5, 0.6) is 0 Å². The summed E-state index contributed by atoms with van der Waals surface area (Å²) >= 11 is 0. The average Bonchev–Trinajstić information content (AvgIpc) is 2.52. The average molecular weight is 197 g/mol. The number of nitrogens with zero attached hydrogens (tertiary/aromatic N) is 1. The summed E-state index contributed by atoms with van der Waals surface area (Å²) < 4.78 is 0. The fraction of sp³-hybridized carbons (Fsp3) is 0.143. The van der Waals surface area contributed by atoms with Gasteiger partial charge in [0.25, 0.3) is 5.91 Å². The number of nitrogens with one attached hydrogen (secondary N) is 2. The monoisotopic (exact) mass is 197 g/mol. The number of Topliss-reactive ketones (excluding diaryl/α,β-unsaturated/α-hetero) is 1. The van der Waals surface area contributed by atoms with E-state index in [2.05, 4.69) is 15.5 Å². The number of aromatic amines is 1. The molecule has 7 heteroatoms. The molecule has 0 aromatic carbocycles. The van der Waals surface area contributed by atoms with Gasteiger partial charge in [0.2, 0.25) is 5.78 Å². The highest BCUT2D eigenvalue weighted by Gasteiger charge is 2.16. The van der Waals surface area contributed by atoms with E-state index in [-0.39, 0.29) is 11.4 Å². The number of anilines is 1. The lowest BCUT2D eigenvalue weighted by molar-refractivity contribution is -0.133. The van der Waals surface area contributed by atoms with Gasteiger partial charge in [0.05, 0.1) is 6.20 Å². The topological polar surface area (TPSA) is 112 Å². The molecule has 14 heavy (non-hydrogen) atoms. The predicted octanol–water partition coefficient (Wildman–Crippen LogP) is -0.365. The molecule has 1 aromatic rings. The first kappa shape index (κ1) is 9.90. The summed E-state index contributed by atoms with van der Waals surface area (Å²) in [7, 11) is 0. The van der Waals surface area contributed by atoms with Gasteiger partial charge < -0.3 is 10.4 Å². The first-order valence-electron chi connectivity index (χ1n) is 3.61. The SMILES string of the molecule is CC(=O)C(=O)Nc1[nH]ncc1C(=O)O. The number of ketones is 1. The smallest absolute Gasteiger partial charge is 0.341 e. The normalized spacial score (nSPS) is 9.50. The first-order chi connectivity index (χ1) is 6.52. The molecule has 1 rings (SSSR count). The van der Waals surface area contributed by atoms with Crippen LogP contribution in [0.3, 0.4) is 0 Å². The number of hydrogen-bond acceptors (Lipinski definition) is 4. The van der Waals surface area contributed by atoms with Gasteiger partial charge in [0.1, 0.15) is 11.4 Å². The van der Waals surface area contributed by atoms with Crippen molar-refractivity contribution < 1.29 is 19.5 Å². The molecule has 0 atom stereocenters. The molecule has 0 fully saturated rings. The molecule has 0 aliphatic rings. The molecular formula is C7H7N3O4. The number of carbonyl (C=O) groups excluding carboxylic acids is 2. The number of rotatable bonds is 3. The Labute approximate surface area is 78.1 Å². The van der Waals surface area contributed by atoms with Gasteiger partial charge in [0.15, 0.2) is 0 Å². The summed E-state index contributed by atoms with van der Waals surface area (Å²) in [6, 6.07) is 0. The fourth-order valence-electron chi connectivity index (χ4n) is 0.745. The number of carboxylic acid groups (broad SMARTS) is 1. The molecule has 1 aromatic heterocycles. The van der Waals surface area contributed by atoms with Crippen LogP contribution in [0, 0.1) is 0 Å². The zero-order chi connectivity index (χ0) is 10.7. The predicted molar refractivity (Wildman–Crippen MR) is 44.9 cm³/mol. The highest BCUT2D eigenvalue weighted by atomic mass is 16.4. The van der Waals surface area contributed by atoms with Crippen LogP contribution < -0.4 is 5.32 Å². The van der Waals surface area contributed by atoms with Crippen molar-refractivity contribution in [1.82, 2.24) is 10.2 Å². The third-order valence-corrected chi connectivity index (χ3v) is 1.43. The third-order valence-electron chi connectivity index (χ3n) is 1.43. The molecule has 3 N–H and O–H groups in total. The van der Waals surface area contributed by atoms with Gasteiger partial charge in [-0.15, -0.1) is 0 Å². The van der Waals surface area contributed by atoms with E-state index < -0.39 is 17.7 Å². The minimum Gasteiger partial charge on any atom is -0.477 e. The second-order valence-corrected chi connectivity index (χ2v) is 2.47. The Balaban J connectivity index is 2.87. The van der Waals surface area contributed by atoms with Crippen LogP contribution in [0.4, 0.5) is 5.82 Å². The van der Waals surface area contributed by atoms with E-state index in [9.17, 15) is 14.4 Å². The molecule has 1 heterocycles. The van der Waals surface area contributed by atoms with Crippen LogP contribution in [0.1, 0.15) is 17.3 Å². The van der Waals surface area contributed by atoms with Gasteiger partial charge in [-0.1, -0.05) is 0 Å². The Bertz CT molecular complexity index is 395. The number of hydrogen-bond donors (Lipinski definition) is 3. The Morgan fingerprint density at radius 1 is 1.50 bits per heavy atom. The van der Waals surface area contributed by atoms with Gasteiger partial charge in [-0.25, -0.2) is 4.79 Å². The molecular weight excluding hydrogens is 190 g/mol. The minimum atomic E-state index is -1.24. The van der Waals surface area contributed by atoms with Gasteiger partial charge in [-0.2, -0.15) is 5.10 Å². The molecule has 1 amide bonds. The van der Waals surface area contributed by atoms with E-state index in [0.717, 1.165) is 13.1 Å². The van der Waals surface area contributed by atoms with Crippen LogP contribution >= 0.6 is 0 Å². The molecule has 7 nitrogen and oxygen atoms in total. The van der Waals surface area contributed by atoms with Crippen molar-refractivity contribution in [2.45, 2.75) is 6.92 Å². The van der Waals surface area contributed by atoms with Crippen molar-refractivity contribution in [3.05, 3.63) is 11.8 Å². The second-order valence-electron chi connectivity index (χ2n) is 2.47. The van der Waals surface area contributed by atoms with Crippen molar-refractivity contribution in [1.29, 1.82) is 0 Å². The van der Waals surface area contributed by atoms with Gasteiger partial charge >= 0.3 is 5.97 Å². The molecule has 0 radical (unpaired) electrons. The largest absolute Gasteiger partial charge is 0.477 e. The summed E-state index contributed by atoms with van der Waals surface area (Å²) in [5, 5.41) is 16.4. The highest BCUT2D eigenvalue weighted by molar-refractivity contribution is 6.39. The van der Waals surface area contributed by atoms with Crippen LogP contribution in [-0.2, 0) is 9.59 Å². The number of carbonyl (C=O) groups is 3. The molecule has 0 spiro atoms. The molecule has 0 saturated carbocycles. The third kappa shape index (κ3) is 1.94. The zero-order valence-corrected chi connectivity index (χ0v) is 7.20. The van der Waals surface area contributed by atoms with E-state index in [4.69, 9.17) is 5.11 Å². The molecule has 0 unspecified atom stereocenters. The summed E-state index contributed by atoms with van der Waals surface area (Å²) in [4.78, 5) is 32.0. The standard InChI is InChI=1S/C7H7N3O4/c1-3(11)6(12)9-5-4(7(13)14)2-8-10-5/h2H,1H3,(H,13,14)(H2,8,9,10,12). The van der Waals surface area contributed by atoms with Crippen LogP contribution in [0.2, 0.25) is 0 Å². The number of aromatic nitrogens is 2. The number of H-pyrrole nitrogens is 1. The maximum absolute atomic E-state index is 10.9. The van der Waals surface area contributed by atoms with E-state index in [1.807, 2.05) is 0 Å². The second kappa shape index (κ2) is 3.69. The van der Waals surface area contributed by atoms with E-state index in [0.29, 0.717) is 0 Å². The lowest BCUT2D eigenvalue weighted by Gasteiger charge is -1.99. The van der Waals surface area contributed by atoms with Crippen molar-refractivity contribution in [2.75, 3.05) is 5.32 Å². The van der Waals surface area contributed by atoms with Gasteiger partial charge in [-0.3, -0.25) is 14.7 Å². The molecule has 0 saturated heterocycles. The maximum Gasteiger partial charge on any atom is 0.341 e. The van der Waals surface area contributed by atoms with Crippen molar-refractivity contribution in [3.63, 3.8) is 0 Å². The number of aromatic carboxylic acids is 1. The first-order valence-corrected chi connectivity index (χ1v) is 3.61. The summed E-state index contributed by atoms with van der Waals surface area (Å²) in [6.07, 6.45) is 1.04. The van der Waals surface area contributed by atoms with Crippen LogP contribution in [0.25, 0.3) is 0 Å². The van der Waals surface area contributed by atoms with Gasteiger partial charge in [0, 0.05) is 6.92 Å². The number of carboxylic acids is 1. The van der Waals surface area contributed by atoms with Crippen molar-refractivity contribution in [2.24, 2.45) is 0 Å². The van der Waals surface area contributed by atoms with E-state index in [1.165, 1.54) is 0 Å². The lowest BCUT2D eigenvalue weighted by Crippen LogP contribution is -2.21. The molecule has 0 aliphatic heterocycles. The molecule has 74 valence electrons. The van der Waals surface area contributed by atoms with E-state index in [1.54, 1.807) is 0 Å². The summed E-state index contributed by atoms with van der Waals surface area (Å²) in [5.74, 6) is -2.94. The van der Waals surface area contributed by atoms with Crippen LogP contribution in [0.15, 0.2) is 6.20 Å². The Morgan fingerprint density at radius 3 is 2.64 bits per heavy atom. The summed E-state index contributed by atoms with van der Waals surface area (Å²) in [6.45, 7) is 1.08. The Kier molecular flexibility index (Phi) is 2.61. The Hall–Kier alpha value is -2.18. The number of amides is 1. The molecule has 0 bridgehead atoms. The lowest BCUT2D eigenvalue weighted by atomic mass is 10.3. The summed E-state index contributed by atoms with van der Waals surface area (Å²) in [5.41, 5.74) is -0.195. The Morgan fingerprint density at radius 2 is 2.14 bits per heavy atom. The van der Waals surface area contributed by atoms with Crippen molar-refractivity contribution in [3.8, 4) is 0 Å². The maximum atomic E-state index is 10.9. The fourth-order valence-corrected chi connectivity index (χ4v) is 0.745. The quantitative estimate of drug-likeness (QED) is 0.572. The zero-order valence-electron chi connectivity index (χ0n) is 7.20. The molecule has 0 aliphatic carbocycles. The van der Waals surface area contributed by atoms with Crippen molar-refractivity contribution >= 4 is 23.5 Å². The minimum absolute atomic E-state index is 0.0994. The highest BCUT2D eigenvalue weighted by Crippen LogP contribution is 2.09. The van der Waals surface area contributed by atoms with Crippen LogP contribution in [-0.4, -0.2) is 33.0 Å².